The van der Waals surface area contributed by atoms with E-state index in [2.05, 4.69) is 10.1 Å². The maximum Gasteiger partial charge on any atom is 0.341 e. The fourth-order valence-corrected chi connectivity index (χ4v) is 4.44. The zero-order valence-electron chi connectivity index (χ0n) is 12.3. The Kier molecular flexibility index (Phi) is 4.69. The van der Waals surface area contributed by atoms with Crippen LogP contribution in [-0.4, -0.2) is 43.9 Å². The van der Waals surface area contributed by atoms with E-state index in [4.69, 9.17) is 0 Å². The van der Waals surface area contributed by atoms with Crippen LogP contribution in [0.5, 0.6) is 0 Å². The van der Waals surface area contributed by atoms with Gasteiger partial charge < -0.3 is 10.1 Å². The molecular formula is C14H15F2NO5S. The third kappa shape index (κ3) is 4.47. The van der Waals surface area contributed by atoms with Crippen molar-refractivity contribution in [3.63, 3.8) is 0 Å². The highest BCUT2D eigenvalue weighted by Crippen LogP contribution is 2.22. The molecule has 9 heteroatoms. The van der Waals surface area contributed by atoms with E-state index in [9.17, 15) is 26.8 Å². The summed E-state index contributed by atoms with van der Waals surface area (Å²) in [6.07, 6.45) is 0.265. The summed E-state index contributed by atoms with van der Waals surface area (Å²) >= 11 is 0. The van der Waals surface area contributed by atoms with E-state index < -0.39 is 51.1 Å². The van der Waals surface area contributed by atoms with Gasteiger partial charge in [-0.15, -0.1) is 0 Å². The lowest BCUT2D eigenvalue weighted by Gasteiger charge is -2.23. The number of rotatable bonds is 4. The molecule has 126 valence electrons. The highest BCUT2D eigenvalue weighted by molar-refractivity contribution is 7.91. The number of ether oxygens (including phenoxy) is 1. The molecule has 0 unspecified atom stereocenters. The summed E-state index contributed by atoms with van der Waals surface area (Å²) in [5.74, 6) is -3.95. The van der Waals surface area contributed by atoms with Gasteiger partial charge in [0.2, 0.25) is 0 Å². The lowest BCUT2D eigenvalue weighted by molar-refractivity contribution is -0.125. The van der Waals surface area contributed by atoms with Crippen LogP contribution in [0.1, 0.15) is 23.7 Å². The van der Waals surface area contributed by atoms with Gasteiger partial charge in [-0.2, -0.15) is 0 Å². The summed E-state index contributed by atoms with van der Waals surface area (Å²) in [5.41, 5.74) is -1.41. The smallest absolute Gasteiger partial charge is 0.341 e. The van der Waals surface area contributed by atoms with Crippen LogP contribution < -0.4 is 5.32 Å². The molecule has 0 aromatic heterocycles. The lowest BCUT2D eigenvalue weighted by Crippen LogP contribution is -2.48. The van der Waals surface area contributed by atoms with Crippen molar-refractivity contribution in [2.75, 3.05) is 18.1 Å². The predicted octanol–water partition coefficient (Wildman–Crippen LogP) is 0.815. The molecule has 1 N–H and O–H groups in total. The van der Waals surface area contributed by atoms with Crippen LogP contribution in [0.2, 0.25) is 0 Å². The molecule has 1 amide bonds. The van der Waals surface area contributed by atoms with Gasteiger partial charge in [0.05, 0.1) is 22.6 Å². The van der Waals surface area contributed by atoms with Crippen molar-refractivity contribution in [2.45, 2.75) is 18.9 Å². The van der Waals surface area contributed by atoms with E-state index in [1.54, 1.807) is 6.92 Å². The van der Waals surface area contributed by atoms with Crippen molar-refractivity contribution in [2.24, 2.45) is 0 Å². The molecule has 0 aliphatic carbocycles. The van der Waals surface area contributed by atoms with E-state index in [-0.39, 0.29) is 17.9 Å². The number of carbonyl (C=O) groups is 2. The first-order valence-corrected chi connectivity index (χ1v) is 8.56. The van der Waals surface area contributed by atoms with Crippen LogP contribution in [0.25, 0.3) is 0 Å². The average molecular weight is 347 g/mol. The van der Waals surface area contributed by atoms with E-state index in [1.807, 2.05) is 0 Å². The molecule has 0 spiro atoms. The zero-order chi connectivity index (χ0) is 17.3. The topological polar surface area (TPSA) is 89.5 Å². The first-order chi connectivity index (χ1) is 10.6. The molecule has 23 heavy (non-hydrogen) atoms. The Bertz CT molecular complexity index is 750. The van der Waals surface area contributed by atoms with Crippen LogP contribution in [0, 0.1) is 11.6 Å². The largest absolute Gasteiger partial charge is 0.452 e. The molecule has 1 aliphatic rings. The van der Waals surface area contributed by atoms with Crippen molar-refractivity contribution in [1.29, 1.82) is 0 Å². The maximum absolute atomic E-state index is 13.4. The third-order valence-corrected chi connectivity index (χ3v) is 5.33. The van der Waals surface area contributed by atoms with Crippen molar-refractivity contribution in [3.8, 4) is 0 Å². The van der Waals surface area contributed by atoms with E-state index in [0.29, 0.717) is 6.07 Å². The molecule has 0 saturated carbocycles. The quantitative estimate of drug-likeness (QED) is 0.815. The van der Waals surface area contributed by atoms with Crippen LogP contribution >= 0.6 is 0 Å². The zero-order valence-corrected chi connectivity index (χ0v) is 13.1. The van der Waals surface area contributed by atoms with Crippen LogP contribution in [-0.2, 0) is 19.4 Å². The van der Waals surface area contributed by atoms with Gasteiger partial charge in [-0.3, -0.25) is 4.79 Å². The number of esters is 1. The summed E-state index contributed by atoms with van der Waals surface area (Å²) in [6, 6.07) is 2.33. The molecule has 1 heterocycles. The van der Waals surface area contributed by atoms with E-state index in [1.165, 1.54) is 0 Å². The maximum atomic E-state index is 13.4. The van der Waals surface area contributed by atoms with Gasteiger partial charge in [-0.05, 0) is 25.5 Å². The Balaban J connectivity index is 1.90. The normalized spacial score (nSPS) is 22.6. The van der Waals surface area contributed by atoms with Gasteiger partial charge in [0.15, 0.2) is 16.4 Å². The number of amides is 1. The average Bonchev–Trinajstić information content (AvgIpc) is 2.69. The van der Waals surface area contributed by atoms with Gasteiger partial charge in [-0.1, -0.05) is 0 Å². The number of carbonyl (C=O) groups excluding carboxylic acids is 2. The molecule has 1 aromatic rings. The van der Waals surface area contributed by atoms with Crippen molar-refractivity contribution in [1.82, 2.24) is 5.32 Å². The molecule has 1 atom stereocenters. The number of hydrogen-bond acceptors (Lipinski definition) is 5. The minimum absolute atomic E-state index is 0.0235. The van der Waals surface area contributed by atoms with Gasteiger partial charge >= 0.3 is 5.97 Å². The number of nitrogens with one attached hydrogen (secondary N) is 1. The van der Waals surface area contributed by atoms with Crippen LogP contribution in [0.3, 0.4) is 0 Å². The fourth-order valence-electron chi connectivity index (χ4n) is 2.35. The van der Waals surface area contributed by atoms with Crippen LogP contribution in [0.4, 0.5) is 8.78 Å². The Morgan fingerprint density at radius 3 is 2.61 bits per heavy atom. The molecule has 0 bridgehead atoms. The Labute approximate surface area is 131 Å². The van der Waals surface area contributed by atoms with Gasteiger partial charge in [0.25, 0.3) is 5.91 Å². The van der Waals surface area contributed by atoms with E-state index in [0.717, 1.165) is 12.1 Å². The van der Waals surface area contributed by atoms with Gasteiger partial charge in [-0.25, -0.2) is 22.0 Å². The molecular weight excluding hydrogens is 332 g/mol. The second kappa shape index (κ2) is 6.23. The standard InChI is InChI=1S/C14H15F2NO5S/c1-14(4-5-23(20,21)8-14)17-12(18)7-22-13(19)10-3-2-9(15)6-11(10)16/h2-3,6H,4-5,7-8H2,1H3,(H,17,18)/t14-/m1/s1. The number of halogens is 2. The number of hydrogen-bond donors (Lipinski definition) is 1. The number of benzene rings is 1. The van der Waals surface area contributed by atoms with Gasteiger partial charge in [0.1, 0.15) is 11.6 Å². The summed E-state index contributed by atoms with van der Waals surface area (Å²) in [7, 11) is -3.19. The van der Waals surface area contributed by atoms with Gasteiger partial charge in [0, 0.05) is 6.07 Å². The Morgan fingerprint density at radius 1 is 1.35 bits per heavy atom. The second-order valence-corrected chi connectivity index (χ2v) is 7.84. The highest BCUT2D eigenvalue weighted by Gasteiger charge is 2.39. The lowest BCUT2D eigenvalue weighted by atomic mass is 10.0. The molecule has 6 nitrogen and oxygen atoms in total. The molecule has 2 rings (SSSR count). The summed E-state index contributed by atoms with van der Waals surface area (Å²) in [5, 5.41) is 2.49. The molecule has 1 aliphatic heterocycles. The molecule has 1 saturated heterocycles. The first-order valence-electron chi connectivity index (χ1n) is 6.74. The van der Waals surface area contributed by atoms with E-state index >= 15 is 0 Å². The first kappa shape index (κ1) is 17.3. The molecule has 0 radical (unpaired) electrons. The fraction of sp³-hybridized carbons (Fsp3) is 0.429. The van der Waals surface area contributed by atoms with Crippen molar-refractivity contribution >= 4 is 21.7 Å². The monoisotopic (exact) mass is 347 g/mol. The summed E-state index contributed by atoms with van der Waals surface area (Å²) in [4.78, 5) is 23.4. The SMILES string of the molecule is C[C@@]1(NC(=O)COC(=O)c2ccc(F)cc2F)CCS(=O)(=O)C1. The minimum Gasteiger partial charge on any atom is -0.452 e. The molecule has 1 aromatic carbocycles. The summed E-state index contributed by atoms with van der Waals surface area (Å²) in [6.45, 7) is 0.891. The van der Waals surface area contributed by atoms with Crippen LogP contribution in [0.15, 0.2) is 18.2 Å². The minimum atomic E-state index is -3.19. The molecule has 1 fully saturated rings. The highest BCUT2D eigenvalue weighted by atomic mass is 32.2. The van der Waals surface area contributed by atoms with Crippen molar-refractivity contribution < 1.29 is 31.5 Å². The number of sulfone groups is 1. The third-order valence-electron chi connectivity index (χ3n) is 3.43. The summed E-state index contributed by atoms with van der Waals surface area (Å²) < 4.78 is 53.7. The van der Waals surface area contributed by atoms with Crippen molar-refractivity contribution in [3.05, 3.63) is 35.4 Å². The second-order valence-electron chi connectivity index (χ2n) is 5.65. The Morgan fingerprint density at radius 2 is 2.04 bits per heavy atom. The Hall–Kier alpha value is -2.03. The predicted molar refractivity (Wildman–Crippen MR) is 76.5 cm³/mol.